The van der Waals surface area contributed by atoms with E-state index >= 15 is 0 Å². The van der Waals surface area contributed by atoms with E-state index in [0.29, 0.717) is 17.7 Å². The van der Waals surface area contributed by atoms with Gasteiger partial charge >= 0.3 is 0 Å². The molecular weight excluding hydrogens is 198 g/mol. The van der Waals surface area contributed by atoms with E-state index in [9.17, 15) is 0 Å². The van der Waals surface area contributed by atoms with Crippen molar-refractivity contribution in [1.82, 2.24) is 0 Å². The molecular formula is C13H23N3. The maximum atomic E-state index is 5.77. The van der Waals surface area contributed by atoms with Gasteiger partial charge in [0.15, 0.2) is 0 Å². The maximum absolute atomic E-state index is 5.77. The molecule has 2 N–H and O–H groups in total. The first-order chi connectivity index (χ1) is 7.81. The highest BCUT2D eigenvalue weighted by atomic mass is 15.2. The molecule has 16 heavy (non-hydrogen) atoms. The molecule has 0 radical (unpaired) electrons. The minimum atomic E-state index is 0.556. The zero-order chi connectivity index (χ0) is 11.4. The van der Waals surface area contributed by atoms with Gasteiger partial charge < -0.3 is 5.73 Å². The zero-order valence-corrected chi connectivity index (χ0v) is 10.3. The van der Waals surface area contributed by atoms with Gasteiger partial charge in [0, 0.05) is 18.1 Å². The molecule has 3 heteroatoms. The molecule has 1 saturated carbocycles. The lowest BCUT2D eigenvalue weighted by molar-refractivity contribution is 0.536. The maximum Gasteiger partial charge on any atom is 0.123 e. The second kappa shape index (κ2) is 5.46. The monoisotopic (exact) mass is 221 g/mol. The summed E-state index contributed by atoms with van der Waals surface area (Å²) < 4.78 is 0. The summed E-state index contributed by atoms with van der Waals surface area (Å²) >= 11 is 0. The van der Waals surface area contributed by atoms with E-state index in [0.717, 1.165) is 12.8 Å². The van der Waals surface area contributed by atoms with Gasteiger partial charge in [-0.3, -0.25) is 0 Å². The highest BCUT2D eigenvalue weighted by molar-refractivity contribution is 5.96. The van der Waals surface area contributed by atoms with Gasteiger partial charge in [0.25, 0.3) is 0 Å². The molecule has 2 rings (SSSR count). The Morgan fingerprint density at radius 1 is 1.12 bits per heavy atom. The molecule has 90 valence electrons. The molecule has 1 unspecified atom stereocenters. The van der Waals surface area contributed by atoms with Gasteiger partial charge in [-0.1, -0.05) is 32.6 Å². The molecule has 2 aliphatic rings. The lowest BCUT2D eigenvalue weighted by atomic mass is 9.83. The standard InChI is InChI=1S/C13H23N3/c1-2-10-9-12(14)15-16-13(10)11-7-5-3-4-6-8-11/h10-11H,2-9H2,1H3,(H2,14,15). The predicted octanol–water partition coefficient (Wildman–Crippen LogP) is 3.10. The lowest BCUT2D eigenvalue weighted by Gasteiger charge is -2.26. The van der Waals surface area contributed by atoms with Crippen LogP contribution in [0, 0.1) is 11.8 Å². The molecule has 1 heterocycles. The number of amidine groups is 1. The Bertz CT molecular complexity index is 286. The Kier molecular flexibility index (Phi) is 3.97. The Morgan fingerprint density at radius 2 is 1.81 bits per heavy atom. The van der Waals surface area contributed by atoms with Crippen LogP contribution < -0.4 is 5.73 Å². The van der Waals surface area contributed by atoms with Crippen LogP contribution in [0.3, 0.4) is 0 Å². The van der Waals surface area contributed by atoms with Crippen molar-refractivity contribution in [3.8, 4) is 0 Å². The van der Waals surface area contributed by atoms with Crippen LogP contribution >= 0.6 is 0 Å². The van der Waals surface area contributed by atoms with Gasteiger partial charge in [-0.25, -0.2) is 0 Å². The van der Waals surface area contributed by atoms with Crippen LogP contribution in [0.2, 0.25) is 0 Å². The van der Waals surface area contributed by atoms with Crippen LogP contribution in [0.25, 0.3) is 0 Å². The van der Waals surface area contributed by atoms with E-state index in [4.69, 9.17) is 5.73 Å². The van der Waals surface area contributed by atoms with E-state index in [1.807, 2.05) is 0 Å². The van der Waals surface area contributed by atoms with Crippen molar-refractivity contribution < 1.29 is 0 Å². The topological polar surface area (TPSA) is 50.7 Å². The van der Waals surface area contributed by atoms with Crippen molar-refractivity contribution in [3.05, 3.63) is 0 Å². The van der Waals surface area contributed by atoms with Crippen molar-refractivity contribution in [2.75, 3.05) is 0 Å². The van der Waals surface area contributed by atoms with E-state index in [-0.39, 0.29) is 0 Å². The molecule has 1 atom stereocenters. The first kappa shape index (κ1) is 11.6. The second-order valence-electron chi connectivity index (χ2n) is 5.11. The van der Waals surface area contributed by atoms with Gasteiger partial charge in [-0.2, -0.15) is 5.10 Å². The SMILES string of the molecule is CCC1CC(N)=NN=C1C1CCCCCC1. The highest BCUT2D eigenvalue weighted by Crippen LogP contribution is 2.30. The summed E-state index contributed by atoms with van der Waals surface area (Å²) in [6, 6.07) is 0. The Balaban J connectivity index is 2.10. The quantitative estimate of drug-likeness (QED) is 0.716. The summed E-state index contributed by atoms with van der Waals surface area (Å²) in [6.07, 6.45) is 10.2. The molecule has 1 aliphatic carbocycles. The molecule has 0 amide bonds. The summed E-state index contributed by atoms with van der Waals surface area (Å²) in [5.41, 5.74) is 7.11. The van der Waals surface area contributed by atoms with Crippen LogP contribution in [0.15, 0.2) is 10.2 Å². The van der Waals surface area contributed by atoms with Gasteiger partial charge in [-0.05, 0) is 25.2 Å². The molecule has 0 bridgehead atoms. The minimum absolute atomic E-state index is 0.556. The number of nitrogens with zero attached hydrogens (tertiary/aromatic N) is 2. The Labute approximate surface area is 98.2 Å². The van der Waals surface area contributed by atoms with Crippen LogP contribution in [-0.2, 0) is 0 Å². The van der Waals surface area contributed by atoms with Gasteiger partial charge in [0.05, 0.1) is 0 Å². The molecule has 0 spiro atoms. The number of hydrogen-bond donors (Lipinski definition) is 1. The molecule has 1 aliphatic heterocycles. The van der Waals surface area contributed by atoms with Crippen molar-refractivity contribution in [3.63, 3.8) is 0 Å². The summed E-state index contributed by atoms with van der Waals surface area (Å²) in [4.78, 5) is 0. The third-order valence-electron chi connectivity index (χ3n) is 3.93. The molecule has 0 aromatic heterocycles. The first-order valence-electron chi connectivity index (χ1n) is 6.71. The highest BCUT2D eigenvalue weighted by Gasteiger charge is 2.27. The van der Waals surface area contributed by atoms with Gasteiger partial charge in [0.2, 0.25) is 0 Å². The van der Waals surface area contributed by atoms with Gasteiger partial charge in [-0.15, -0.1) is 5.10 Å². The molecule has 0 aromatic carbocycles. The molecule has 0 saturated heterocycles. The fraction of sp³-hybridized carbons (Fsp3) is 0.846. The second-order valence-corrected chi connectivity index (χ2v) is 5.11. The van der Waals surface area contributed by atoms with Crippen molar-refractivity contribution in [2.24, 2.45) is 27.8 Å². The van der Waals surface area contributed by atoms with Gasteiger partial charge in [0.1, 0.15) is 5.84 Å². The van der Waals surface area contributed by atoms with E-state index in [1.54, 1.807) is 0 Å². The zero-order valence-electron chi connectivity index (χ0n) is 10.3. The lowest BCUT2D eigenvalue weighted by Crippen LogP contribution is -2.30. The smallest absolute Gasteiger partial charge is 0.123 e. The van der Waals surface area contributed by atoms with Crippen molar-refractivity contribution in [2.45, 2.75) is 58.3 Å². The average molecular weight is 221 g/mol. The fourth-order valence-corrected chi connectivity index (χ4v) is 2.95. The summed E-state index contributed by atoms with van der Waals surface area (Å²) in [7, 11) is 0. The van der Waals surface area contributed by atoms with Crippen LogP contribution in [0.4, 0.5) is 0 Å². The number of rotatable bonds is 2. The van der Waals surface area contributed by atoms with E-state index < -0.39 is 0 Å². The summed E-state index contributed by atoms with van der Waals surface area (Å²) in [5.74, 6) is 1.95. The van der Waals surface area contributed by atoms with Crippen LogP contribution in [0.1, 0.15) is 58.3 Å². The minimum Gasteiger partial charge on any atom is -0.386 e. The first-order valence-corrected chi connectivity index (χ1v) is 6.71. The molecule has 0 aromatic rings. The summed E-state index contributed by atoms with van der Waals surface area (Å²) in [5, 5.41) is 8.51. The third-order valence-corrected chi connectivity index (χ3v) is 3.93. The van der Waals surface area contributed by atoms with Crippen LogP contribution in [-0.4, -0.2) is 11.5 Å². The Hall–Kier alpha value is -0.860. The van der Waals surface area contributed by atoms with Crippen molar-refractivity contribution >= 4 is 11.5 Å². The normalized spacial score (nSPS) is 28.2. The van der Waals surface area contributed by atoms with Crippen molar-refractivity contribution in [1.29, 1.82) is 0 Å². The van der Waals surface area contributed by atoms with E-state index in [2.05, 4.69) is 17.1 Å². The van der Waals surface area contributed by atoms with E-state index in [1.165, 1.54) is 44.2 Å². The Morgan fingerprint density at radius 3 is 2.44 bits per heavy atom. The number of nitrogens with two attached hydrogens (primary N) is 1. The average Bonchev–Trinajstić information content (AvgIpc) is 2.57. The number of hydrogen-bond acceptors (Lipinski definition) is 3. The largest absolute Gasteiger partial charge is 0.386 e. The van der Waals surface area contributed by atoms with Crippen LogP contribution in [0.5, 0.6) is 0 Å². The molecule has 1 fully saturated rings. The predicted molar refractivity (Wildman–Crippen MR) is 68.6 cm³/mol. The fourth-order valence-electron chi connectivity index (χ4n) is 2.95. The summed E-state index contributed by atoms with van der Waals surface area (Å²) in [6.45, 7) is 2.23. The third kappa shape index (κ3) is 2.63. The molecule has 3 nitrogen and oxygen atoms in total.